The van der Waals surface area contributed by atoms with E-state index in [1.807, 2.05) is 43.3 Å². The van der Waals surface area contributed by atoms with Crippen LogP contribution in [0, 0.1) is 11.8 Å². The summed E-state index contributed by atoms with van der Waals surface area (Å²) in [7, 11) is 0. The zero-order chi connectivity index (χ0) is 16.6. The van der Waals surface area contributed by atoms with Crippen molar-refractivity contribution in [2.24, 2.45) is 11.8 Å². The van der Waals surface area contributed by atoms with E-state index in [2.05, 4.69) is 34.9 Å². The average molecular weight is 320 g/mol. The number of benzene rings is 2. The van der Waals surface area contributed by atoms with Gasteiger partial charge < -0.3 is 10.6 Å². The molecule has 2 fully saturated rings. The summed E-state index contributed by atoms with van der Waals surface area (Å²) in [5.74, 6) is 1.38. The summed E-state index contributed by atoms with van der Waals surface area (Å²) in [5, 5.41) is 6.46. The lowest BCUT2D eigenvalue weighted by Crippen LogP contribution is -2.50. The highest BCUT2D eigenvalue weighted by molar-refractivity contribution is 5.76. The van der Waals surface area contributed by atoms with Crippen molar-refractivity contribution in [1.82, 2.24) is 10.6 Å². The van der Waals surface area contributed by atoms with Crippen LogP contribution >= 0.6 is 0 Å². The largest absolute Gasteiger partial charge is 0.332 e. The van der Waals surface area contributed by atoms with Crippen LogP contribution in [0.3, 0.4) is 0 Å². The first kappa shape index (κ1) is 15.3. The van der Waals surface area contributed by atoms with Crippen LogP contribution < -0.4 is 10.6 Å². The summed E-state index contributed by atoms with van der Waals surface area (Å²) >= 11 is 0. The maximum Gasteiger partial charge on any atom is 0.315 e. The van der Waals surface area contributed by atoms with Crippen molar-refractivity contribution in [3.8, 4) is 0 Å². The molecule has 2 aliphatic rings. The average Bonchev–Trinajstić information content (AvgIpc) is 3.33. The van der Waals surface area contributed by atoms with Gasteiger partial charge in [0.05, 0.1) is 11.6 Å². The molecule has 2 amide bonds. The van der Waals surface area contributed by atoms with Crippen molar-refractivity contribution in [2.45, 2.75) is 37.8 Å². The van der Waals surface area contributed by atoms with E-state index in [1.165, 1.54) is 18.4 Å². The molecule has 0 unspecified atom stereocenters. The van der Waals surface area contributed by atoms with E-state index in [0.29, 0.717) is 5.92 Å². The number of nitrogens with one attached hydrogen (secondary N) is 2. The maximum absolute atomic E-state index is 12.7. The van der Waals surface area contributed by atoms with Crippen LogP contribution in [0.5, 0.6) is 0 Å². The van der Waals surface area contributed by atoms with Crippen LogP contribution in [0.25, 0.3) is 0 Å². The van der Waals surface area contributed by atoms with E-state index in [1.54, 1.807) is 0 Å². The molecule has 4 rings (SSSR count). The Hall–Kier alpha value is -2.29. The minimum Gasteiger partial charge on any atom is -0.332 e. The topological polar surface area (TPSA) is 41.1 Å². The lowest BCUT2D eigenvalue weighted by atomic mass is 9.85. The molecule has 2 aliphatic carbocycles. The van der Waals surface area contributed by atoms with E-state index in [4.69, 9.17) is 0 Å². The van der Waals surface area contributed by atoms with E-state index in [9.17, 15) is 4.79 Å². The molecular formula is C21H24N2O. The quantitative estimate of drug-likeness (QED) is 0.863. The minimum atomic E-state index is -0.188. The molecule has 0 saturated heterocycles. The molecule has 0 spiro atoms. The van der Waals surface area contributed by atoms with Gasteiger partial charge in [-0.2, -0.15) is 0 Å². The van der Waals surface area contributed by atoms with Crippen molar-refractivity contribution >= 4 is 6.03 Å². The van der Waals surface area contributed by atoms with Crippen LogP contribution in [0.4, 0.5) is 4.79 Å². The summed E-state index contributed by atoms with van der Waals surface area (Å²) in [5.41, 5.74) is 2.18. The summed E-state index contributed by atoms with van der Waals surface area (Å²) in [4.78, 5) is 12.7. The molecule has 0 radical (unpaired) electrons. The van der Waals surface area contributed by atoms with Gasteiger partial charge in [0, 0.05) is 0 Å². The molecule has 2 N–H and O–H groups in total. The Balaban J connectivity index is 1.51. The van der Waals surface area contributed by atoms with Gasteiger partial charge in [0.25, 0.3) is 0 Å². The molecular weight excluding hydrogens is 296 g/mol. The van der Waals surface area contributed by atoms with Gasteiger partial charge in [-0.15, -0.1) is 0 Å². The fourth-order valence-electron chi connectivity index (χ4n) is 4.35. The lowest BCUT2D eigenvalue weighted by Gasteiger charge is -2.34. The van der Waals surface area contributed by atoms with E-state index in [0.717, 1.165) is 17.9 Å². The molecule has 124 valence electrons. The van der Waals surface area contributed by atoms with Gasteiger partial charge in [-0.1, -0.05) is 60.7 Å². The van der Waals surface area contributed by atoms with Gasteiger partial charge >= 0.3 is 6.03 Å². The van der Waals surface area contributed by atoms with Crippen molar-refractivity contribution in [1.29, 1.82) is 0 Å². The molecule has 0 heterocycles. The van der Waals surface area contributed by atoms with Gasteiger partial charge in [0.2, 0.25) is 0 Å². The zero-order valence-corrected chi connectivity index (χ0v) is 14.0. The molecule has 3 heteroatoms. The Morgan fingerprint density at radius 3 is 2.33 bits per heavy atom. The van der Waals surface area contributed by atoms with Crippen molar-refractivity contribution in [3.05, 3.63) is 71.8 Å². The third kappa shape index (κ3) is 2.68. The van der Waals surface area contributed by atoms with Gasteiger partial charge in [-0.05, 0) is 49.1 Å². The highest BCUT2D eigenvalue weighted by Gasteiger charge is 2.59. The lowest BCUT2D eigenvalue weighted by molar-refractivity contribution is 0.215. The minimum absolute atomic E-state index is 0.00423. The Labute approximate surface area is 143 Å². The smallest absolute Gasteiger partial charge is 0.315 e. The van der Waals surface area contributed by atoms with Crippen LogP contribution in [-0.4, -0.2) is 6.03 Å². The van der Waals surface area contributed by atoms with Crippen molar-refractivity contribution in [3.63, 3.8) is 0 Å². The maximum atomic E-state index is 12.7. The molecule has 2 aromatic rings. The second kappa shape index (κ2) is 5.97. The first-order valence-corrected chi connectivity index (χ1v) is 8.88. The highest BCUT2D eigenvalue weighted by atomic mass is 16.2. The standard InChI is InChI=1S/C21H24N2O/c1-15(16-8-4-2-5-9-16)22-20(24)23-21(13-12-17-14-19(17)21)18-10-6-3-7-11-18/h2-11,15,17,19H,12-14H2,1H3,(H2,22,23,24)/t15-,17+,19-,21+/m0/s1. The van der Waals surface area contributed by atoms with Gasteiger partial charge in [-0.3, -0.25) is 0 Å². The summed E-state index contributed by atoms with van der Waals surface area (Å²) < 4.78 is 0. The van der Waals surface area contributed by atoms with Crippen molar-refractivity contribution in [2.75, 3.05) is 0 Å². The number of carbonyl (C=O) groups excluding carboxylic acids is 1. The molecule has 3 nitrogen and oxygen atoms in total. The van der Waals surface area contributed by atoms with Gasteiger partial charge in [-0.25, -0.2) is 4.79 Å². The number of carbonyl (C=O) groups is 1. The molecule has 2 saturated carbocycles. The number of rotatable bonds is 4. The van der Waals surface area contributed by atoms with Crippen molar-refractivity contribution < 1.29 is 4.79 Å². The first-order chi connectivity index (χ1) is 11.7. The van der Waals surface area contributed by atoms with E-state index >= 15 is 0 Å². The second-order valence-corrected chi connectivity index (χ2v) is 7.21. The second-order valence-electron chi connectivity index (χ2n) is 7.21. The molecule has 0 aliphatic heterocycles. The molecule has 2 aromatic carbocycles. The predicted molar refractivity (Wildman–Crippen MR) is 95.5 cm³/mol. The Bertz CT molecular complexity index is 715. The van der Waals surface area contributed by atoms with Crippen LogP contribution in [-0.2, 0) is 5.54 Å². The fraction of sp³-hybridized carbons (Fsp3) is 0.381. The fourth-order valence-corrected chi connectivity index (χ4v) is 4.35. The van der Waals surface area contributed by atoms with Gasteiger partial charge in [0.15, 0.2) is 0 Å². The molecule has 4 atom stereocenters. The Kier molecular flexibility index (Phi) is 3.79. The SMILES string of the molecule is C[C@H](NC(=O)N[C@@]1(c2ccccc2)CC[C@@H]2C[C@@H]21)c1ccccc1. The Morgan fingerprint density at radius 1 is 1.08 bits per heavy atom. The number of hydrogen-bond acceptors (Lipinski definition) is 1. The number of amides is 2. The third-order valence-electron chi connectivity index (χ3n) is 5.74. The number of urea groups is 1. The molecule has 0 aromatic heterocycles. The highest BCUT2D eigenvalue weighted by Crippen LogP contribution is 2.61. The molecule has 0 bridgehead atoms. The zero-order valence-electron chi connectivity index (χ0n) is 14.0. The Morgan fingerprint density at radius 2 is 1.75 bits per heavy atom. The van der Waals surface area contributed by atoms with Crippen LogP contribution in [0.15, 0.2) is 60.7 Å². The predicted octanol–water partition coefficient (Wildman–Crippen LogP) is 4.37. The number of hydrogen-bond donors (Lipinski definition) is 2. The monoisotopic (exact) mass is 320 g/mol. The van der Waals surface area contributed by atoms with Crippen LogP contribution in [0.2, 0.25) is 0 Å². The summed E-state index contributed by atoms with van der Waals surface area (Å²) in [6, 6.07) is 20.5. The molecule has 24 heavy (non-hydrogen) atoms. The summed E-state index contributed by atoms with van der Waals surface area (Å²) in [6.45, 7) is 2.03. The normalized spacial score (nSPS) is 28.7. The van der Waals surface area contributed by atoms with Gasteiger partial charge in [0.1, 0.15) is 0 Å². The number of fused-ring (bicyclic) bond motifs is 1. The summed E-state index contributed by atoms with van der Waals surface area (Å²) in [6.07, 6.45) is 3.50. The van der Waals surface area contributed by atoms with E-state index < -0.39 is 0 Å². The van der Waals surface area contributed by atoms with E-state index in [-0.39, 0.29) is 17.6 Å². The third-order valence-corrected chi connectivity index (χ3v) is 5.74. The van der Waals surface area contributed by atoms with Crippen LogP contribution in [0.1, 0.15) is 43.4 Å². The first-order valence-electron chi connectivity index (χ1n) is 8.88.